The Labute approximate surface area is 114 Å². The lowest BCUT2D eigenvalue weighted by atomic mass is 10.2. The van der Waals surface area contributed by atoms with E-state index in [0.717, 1.165) is 16.6 Å². The van der Waals surface area contributed by atoms with Gasteiger partial charge >= 0.3 is 0 Å². The van der Waals surface area contributed by atoms with Crippen molar-refractivity contribution in [1.82, 2.24) is 0 Å². The van der Waals surface area contributed by atoms with Crippen molar-refractivity contribution in [2.75, 3.05) is 0 Å². The summed E-state index contributed by atoms with van der Waals surface area (Å²) in [6, 6.07) is 8.05. The molecule has 0 saturated heterocycles. The van der Waals surface area contributed by atoms with E-state index in [0.29, 0.717) is 0 Å². The molecule has 0 spiro atoms. The first-order valence-electron chi connectivity index (χ1n) is 5.18. The van der Waals surface area contributed by atoms with Gasteiger partial charge in [-0.2, -0.15) is 0 Å². The van der Waals surface area contributed by atoms with Crippen LogP contribution in [0.4, 0.5) is 17.6 Å². The maximum Gasteiger partial charge on any atom is 0.269 e. The van der Waals surface area contributed by atoms with Crippen molar-refractivity contribution < 1.29 is 22.3 Å². The summed E-state index contributed by atoms with van der Waals surface area (Å²) < 4.78 is 57.7. The van der Waals surface area contributed by atoms with Crippen molar-refractivity contribution in [3.8, 4) is 11.5 Å². The van der Waals surface area contributed by atoms with Crippen molar-refractivity contribution >= 4 is 15.9 Å². The predicted molar refractivity (Wildman–Crippen MR) is 65.5 cm³/mol. The maximum atomic E-state index is 13.7. The van der Waals surface area contributed by atoms with Gasteiger partial charge in [0, 0.05) is 4.47 Å². The lowest BCUT2D eigenvalue weighted by Crippen LogP contribution is -1.99. The standard InChI is InChI=1S/C13H7BrF4O/c14-7-1-3-8(4-2-7)19-10-6-5-9(15)11(12(10)16)13(17)18/h1-6,13H. The summed E-state index contributed by atoms with van der Waals surface area (Å²) in [5.41, 5.74) is -1.28. The smallest absolute Gasteiger partial charge is 0.269 e. The topological polar surface area (TPSA) is 9.23 Å². The molecule has 0 N–H and O–H groups in total. The first kappa shape index (κ1) is 13.9. The summed E-state index contributed by atoms with van der Waals surface area (Å²) in [7, 11) is 0. The largest absolute Gasteiger partial charge is 0.454 e. The summed E-state index contributed by atoms with van der Waals surface area (Å²) in [6.45, 7) is 0. The second kappa shape index (κ2) is 5.61. The molecule has 0 aliphatic rings. The van der Waals surface area contributed by atoms with Gasteiger partial charge in [0.25, 0.3) is 6.43 Å². The van der Waals surface area contributed by atoms with Crippen LogP contribution in [0.2, 0.25) is 0 Å². The Morgan fingerprint density at radius 3 is 2.16 bits per heavy atom. The zero-order valence-corrected chi connectivity index (χ0v) is 10.9. The van der Waals surface area contributed by atoms with Crippen molar-refractivity contribution in [3.05, 3.63) is 58.1 Å². The van der Waals surface area contributed by atoms with E-state index in [4.69, 9.17) is 4.74 Å². The van der Waals surface area contributed by atoms with Gasteiger partial charge in [0.2, 0.25) is 0 Å². The van der Waals surface area contributed by atoms with Gasteiger partial charge in [-0.3, -0.25) is 0 Å². The molecule has 0 radical (unpaired) electrons. The van der Waals surface area contributed by atoms with Crippen LogP contribution in [0.25, 0.3) is 0 Å². The third-order valence-corrected chi connectivity index (χ3v) is 2.88. The molecule has 0 unspecified atom stereocenters. The molecule has 2 rings (SSSR count). The van der Waals surface area contributed by atoms with Crippen LogP contribution in [-0.4, -0.2) is 0 Å². The molecule has 0 atom stereocenters. The zero-order valence-electron chi connectivity index (χ0n) is 9.34. The first-order chi connectivity index (χ1) is 8.99. The van der Waals surface area contributed by atoms with Gasteiger partial charge in [-0.15, -0.1) is 0 Å². The first-order valence-corrected chi connectivity index (χ1v) is 5.98. The number of halogens is 5. The summed E-state index contributed by atoms with van der Waals surface area (Å²) >= 11 is 3.21. The van der Waals surface area contributed by atoms with E-state index in [9.17, 15) is 17.6 Å². The van der Waals surface area contributed by atoms with Crippen LogP contribution in [0.3, 0.4) is 0 Å². The van der Waals surface area contributed by atoms with Gasteiger partial charge in [-0.05, 0) is 36.4 Å². The molecule has 0 heterocycles. The highest BCUT2D eigenvalue weighted by Gasteiger charge is 2.22. The highest BCUT2D eigenvalue weighted by molar-refractivity contribution is 9.10. The van der Waals surface area contributed by atoms with Gasteiger partial charge in [0.1, 0.15) is 11.6 Å². The molecule has 2 aromatic carbocycles. The molecule has 2 aromatic rings. The zero-order chi connectivity index (χ0) is 14.0. The molecule has 1 nitrogen and oxygen atoms in total. The second-order valence-electron chi connectivity index (χ2n) is 3.63. The molecule has 100 valence electrons. The van der Waals surface area contributed by atoms with Crippen LogP contribution in [0, 0.1) is 11.6 Å². The fourth-order valence-corrected chi connectivity index (χ4v) is 1.72. The van der Waals surface area contributed by atoms with E-state index in [1.54, 1.807) is 12.1 Å². The van der Waals surface area contributed by atoms with Crippen LogP contribution >= 0.6 is 15.9 Å². The lowest BCUT2D eigenvalue weighted by molar-refractivity contribution is 0.140. The Morgan fingerprint density at radius 2 is 1.58 bits per heavy atom. The van der Waals surface area contributed by atoms with Crippen LogP contribution in [0.5, 0.6) is 11.5 Å². The Bertz CT molecular complexity index is 584. The Balaban J connectivity index is 2.36. The number of ether oxygens (including phenoxy) is 1. The number of benzene rings is 2. The van der Waals surface area contributed by atoms with Crippen molar-refractivity contribution in [2.45, 2.75) is 6.43 Å². The molecule has 0 aliphatic carbocycles. The maximum absolute atomic E-state index is 13.7. The minimum absolute atomic E-state index is 0.258. The molecule has 19 heavy (non-hydrogen) atoms. The van der Waals surface area contributed by atoms with Crippen molar-refractivity contribution in [3.63, 3.8) is 0 Å². The number of hydrogen-bond acceptors (Lipinski definition) is 1. The minimum atomic E-state index is -3.24. The number of alkyl halides is 2. The molecule has 0 amide bonds. The van der Waals surface area contributed by atoms with E-state index in [-0.39, 0.29) is 5.75 Å². The Hall–Kier alpha value is -1.56. The fraction of sp³-hybridized carbons (Fsp3) is 0.0769. The number of rotatable bonds is 3. The second-order valence-corrected chi connectivity index (χ2v) is 4.55. The monoisotopic (exact) mass is 334 g/mol. The Morgan fingerprint density at radius 1 is 0.947 bits per heavy atom. The van der Waals surface area contributed by atoms with E-state index in [1.807, 2.05) is 0 Å². The molecule has 6 heteroatoms. The van der Waals surface area contributed by atoms with Gasteiger partial charge in [0.05, 0.1) is 5.56 Å². The van der Waals surface area contributed by atoms with Gasteiger partial charge in [-0.25, -0.2) is 17.6 Å². The third-order valence-electron chi connectivity index (χ3n) is 2.35. The van der Waals surface area contributed by atoms with Crippen LogP contribution in [-0.2, 0) is 0 Å². The van der Waals surface area contributed by atoms with E-state index < -0.39 is 29.4 Å². The van der Waals surface area contributed by atoms with Crippen molar-refractivity contribution in [2.24, 2.45) is 0 Å². The van der Waals surface area contributed by atoms with E-state index in [2.05, 4.69) is 15.9 Å². The molecule has 0 aliphatic heterocycles. The molecule has 0 bridgehead atoms. The number of hydrogen-bond donors (Lipinski definition) is 0. The summed E-state index contributed by atoms with van der Waals surface area (Å²) in [5.74, 6) is -2.87. The third kappa shape index (κ3) is 3.07. The molecular formula is C13H7BrF4O. The SMILES string of the molecule is Fc1ccc(Oc2ccc(Br)cc2)c(F)c1C(F)F. The van der Waals surface area contributed by atoms with Gasteiger partial charge in [-0.1, -0.05) is 15.9 Å². The fourth-order valence-electron chi connectivity index (χ4n) is 1.46. The van der Waals surface area contributed by atoms with Gasteiger partial charge in [0.15, 0.2) is 11.6 Å². The van der Waals surface area contributed by atoms with E-state index >= 15 is 0 Å². The van der Waals surface area contributed by atoms with E-state index in [1.165, 1.54) is 12.1 Å². The van der Waals surface area contributed by atoms with Crippen molar-refractivity contribution in [1.29, 1.82) is 0 Å². The average molecular weight is 335 g/mol. The van der Waals surface area contributed by atoms with Crippen LogP contribution < -0.4 is 4.74 Å². The molecule has 0 fully saturated rings. The molecule has 0 saturated carbocycles. The average Bonchev–Trinajstić information content (AvgIpc) is 2.35. The quantitative estimate of drug-likeness (QED) is 0.677. The molecular weight excluding hydrogens is 328 g/mol. The van der Waals surface area contributed by atoms with Crippen LogP contribution in [0.1, 0.15) is 12.0 Å². The lowest BCUT2D eigenvalue weighted by Gasteiger charge is -2.10. The Kier molecular flexibility index (Phi) is 4.09. The summed E-state index contributed by atoms with van der Waals surface area (Å²) in [4.78, 5) is 0. The van der Waals surface area contributed by atoms with Gasteiger partial charge < -0.3 is 4.74 Å². The highest BCUT2D eigenvalue weighted by Crippen LogP contribution is 2.33. The van der Waals surface area contributed by atoms with Crippen LogP contribution in [0.15, 0.2) is 40.9 Å². The summed E-state index contributed by atoms with van der Waals surface area (Å²) in [6.07, 6.45) is -3.24. The molecule has 0 aromatic heterocycles. The predicted octanol–water partition coefficient (Wildman–Crippen LogP) is 5.46. The highest BCUT2D eigenvalue weighted by atomic mass is 79.9. The summed E-state index contributed by atoms with van der Waals surface area (Å²) in [5, 5.41) is 0. The normalized spacial score (nSPS) is 10.8. The minimum Gasteiger partial charge on any atom is -0.454 e.